The van der Waals surface area contributed by atoms with Crippen molar-refractivity contribution in [3.63, 3.8) is 0 Å². The van der Waals surface area contributed by atoms with Gasteiger partial charge in [0.25, 0.3) is 0 Å². The fourth-order valence-corrected chi connectivity index (χ4v) is 1.96. The molecule has 2 N–H and O–H groups in total. The first-order valence-electron chi connectivity index (χ1n) is 6.67. The molecule has 0 bridgehead atoms. The van der Waals surface area contributed by atoms with Crippen LogP contribution in [0, 0.1) is 0 Å². The van der Waals surface area contributed by atoms with Crippen molar-refractivity contribution < 1.29 is 23.7 Å². The van der Waals surface area contributed by atoms with E-state index in [0.717, 1.165) is 5.56 Å². The highest BCUT2D eigenvalue weighted by Crippen LogP contribution is 2.41. The minimum absolute atomic E-state index is 0.0697. The first-order chi connectivity index (χ1) is 10.2. The Morgan fingerprint density at radius 1 is 1.33 bits per heavy atom. The van der Waals surface area contributed by atoms with E-state index in [1.807, 2.05) is 12.1 Å². The van der Waals surface area contributed by atoms with Gasteiger partial charge in [0.1, 0.15) is 0 Å². The van der Waals surface area contributed by atoms with E-state index >= 15 is 0 Å². The first-order valence-corrected chi connectivity index (χ1v) is 6.67. The third-order valence-electron chi connectivity index (χ3n) is 2.96. The Bertz CT molecular complexity index is 492. The number of hydrogen-bond donors (Lipinski definition) is 2. The number of carbonyl (C=O) groups is 1. The summed E-state index contributed by atoms with van der Waals surface area (Å²) in [5.74, 6) is 1.85. The Balaban J connectivity index is 1.82. The zero-order valence-corrected chi connectivity index (χ0v) is 12.2. The van der Waals surface area contributed by atoms with Crippen LogP contribution in [0.3, 0.4) is 0 Å². The number of hydrogen-bond acceptors (Lipinski definition) is 6. The van der Waals surface area contributed by atoms with Gasteiger partial charge in [-0.15, -0.1) is 0 Å². The third kappa shape index (κ3) is 4.24. The molecule has 1 aliphatic heterocycles. The van der Waals surface area contributed by atoms with Gasteiger partial charge < -0.3 is 29.6 Å². The average Bonchev–Trinajstić information content (AvgIpc) is 2.95. The summed E-state index contributed by atoms with van der Waals surface area (Å²) < 4.78 is 20.8. The number of rotatable bonds is 8. The molecule has 1 aromatic carbocycles. The second-order valence-corrected chi connectivity index (χ2v) is 4.48. The molecule has 1 aromatic rings. The topological polar surface area (TPSA) is 78.1 Å². The minimum atomic E-state index is -0.0697. The molecule has 0 aromatic heterocycles. The first kappa shape index (κ1) is 15.4. The number of amides is 1. The molecule has 0 spiro atoms. The molecule has 1 heterocycles. The summed E-state index contributed by atoms with van der Waals surface area (Å²) >= 11 is 0. The van der Waals surface area contributed by atoms with E-state index in [-0.39, 0.29) is 19.2 Å². The molecule has 2 rings (SSSR count). The van der Waals surface area contributed by atoms with Gasteiger partial charge in [-0.25, -0.2) is 0 Å². The van der Waals surface area contributed by atoms with Gasteiger partial charge in [-0.1, -0.05) is 0 Å². The molecule has 0 unspecified atom stereocenters. The second kappa shape index (κ2) is 7.70. The Kier molecular flexibility index (Phi) is 5.65. The van der Waals surface area contributed by atoms with Crippen LogP contribution in [0.25, 0.3) is 0 Å². The van der Waals surface area contributed by atoms with Gasteiger partial charge in [0.15, 0.2) is 11.5 Å². The summed E-state index contributed by atoms with van der Waals surface area (Å²) in [5.41, 5.74) is 0.959. The van der Waals surface area contributed by atoms with Crippen molar-refractivity contribution >= 4 is 5.91 Å². The zero-order chi connectivity index (χ0) is 15.1. The lowest BCUT2D eigenvalue weighted by Gasteiger charge is -2.09. The molecule has 116 valence electrons. The molecule has 0 radical (unpaired) electrons. The van der Waals surface area contributed by atoms with E-state index in [9.17, 15) is 4.79 Å². The fourth-order valence-electron chi connectivity index (χ4n) is 1.96. The van der Waals surface area contributed by atoms with E-state index in [1.165, 1.54) is 0 Å². The number of ether oxygens (including phenoxy) is 4. The Morgan fingerprint density at radius 3 is 2.95 bits per heavy atom. The van der Waals surface area contributed by atoms with Crippen molar-refractivity contribution in [2.75, 3.05) is 40.7 Å². The van der Waals surface area contributed by atoms with Crippen molar-refractivity contribution in [3.05, 3.63) is 17.7 Å². The monoisotopic (exact) mass is 296 g/mol. The van der Waals surface area contributed by atoms with Crippen LogP contribution in [0.2, 0.25) is 0 Å². The molecule has 7 nitrogen and oxygen atoms in total. The fraction of sp³-hybridized carbons (Fsp3) is 0.500. The van der Waals surface area contributed by atoms with Crippen molar-refractivity contribution in [1.29, 1.82) is 0 Å². The van der Waals surface area contributed by atoms with Gasteiger partial charge in [0, 0.05) is 20.2 Å². The number of methoxy groups -OCH3 is 2. The van der Waals surface area contributed by atoms with Crippen molar-refractivity contribution in [1.82, 2.24) is 10.6 Å². The lowest BCUT2D eigenvalue weighted by Crippen LogP contribution is -2.35. The van der Waals surface area contributed by atoms with Crippen molar-refractivity contribution in [2.24, 2.45) is 0 Å². The van der Waals surface area contributed by atoms with Gasteiger partial charge in [-0.05, 0) is 17.7 Å². The van der Waals surface area contributed by atoms with Crippen LogP contribution in [0.4, 0.5) is 0 Å². The third-order valence-corrected chi connectivity index (χ3v) is 2.96. The van der Waals surface area contributed by atoms with Crippen LogP contribution in [-0.2, 0) is 16.1 Å². The number of benzene rings is 1. The molecular formula is C14H20N2O5. The maximum atomic E-state index is 11.5. The average molecular weight is 296 g/mol. The van der Waals surface area contributed by atoms with E-state index in [4.69, 9.17) is 18.9 Å². The summed E-state index contributed by atoms with van der Waals surface area (Å²) in [4.78, 5) is 11.5. The van der Waals surface area contributed by atoms with Crippen LogP contribution < -0.4 is 24.8 Å². The van der Waals surface area contributed by atoms with Gasteiger partial charge in [0.05, 0.1) is 20.3 Å². The van der Waals surface area contributed by atoms with Crippen LogP contribution >= 0.6 is 0 Å². The zero-order valence-electron chi connectivity index (χ0n) is 12.2. The Morgan fingerprint density at radius 2 is 2.19 bits per heavy atom. The number of fused-ring (bicyclic) bond motifs is 1. The van der Waals surface area contributed by atoms with Crippen LogP contribution in [0.15, 0.2) is 12.1 Å². The quantitative estimate of drug-likeness (QED) is 0.671. The predicted molar refractivity (Wildman–Crippen MR) is 75.7 cm³/mol. The van der Waals surface area contributed by atoms with Crippen LogP contribution in [0.5, 0.6) is 17.2 Å². The molecule has 0 saturated heterocycles. The lowest BCUT2D eigenvalue weighted by molar-refractivity contribution is -0.120. The van der Waals surface area contributed by atoms with E-state index in [2.05, 4.69) is 10.6 Å². The highest BCUT2D eigenvalue weighted by molar-refractivity contribution is 5.77. The van der Waals surface area contributed by atoms with Crippen molar-refractivity contribution in [2.45, 2.75) is 6.54 Å². The van der Waals surface area contributed by atoms with Gasteiger partial charge in [0.2, 0.25) is 18.4 Å². The minimum Gasteiger partial charge on any atom is -0.493 e. The molecular weight excluding hydrogens is 276 g/mol. The largest absolute Gasteiger partial charge is 0.493 e. The lowest BCUT2D eigenvalue weighted by atomic mass is 10.2. The molecule has 0 saturated carbocycles. The molecule has 1 aliphatic rings. The summed E-state index contributed by atoms with van der Waals surface area (Å²) in [6.45, 7) is 1.98. The summed E-state index contributed by atoms with van der Waals surface area (Å²) in [6.07, 6.45) is 0. The molecule has 7 heteroatoms. The summed E-state index contributed by atoms with van der Waals surface area (Å²) in [5, 5.41) is 5.80. The van der Waals surface area contributed by atoms with Crippen LogP contribution in [0.1, 0.15) is 5.56 Å². The standard InChI is InChI=1S/C14H20N2O5/c1-18-4-3-16-13(17)8-15-7-10-5-11(19-2)14-12(6-10)20-9-21-14/h5-6,15H,3-4,7-9H2,1-2H3,(H,16,17). The van der Waals surface area contributed by atoms with Gasteiger partial charge >= 0.3 is 0 Å². The normalized spacial score (nSPS) is 12.3. The van der Waals surface area contributed by atoms with E-state index < -0.39 is 0 Å². The van der Waals surface area contributed by atoms with E-state index in [1.54, 1.807) is 14.2 Å². The molecule has 0 aliphatic carbocycles. The smallest absolute Gasteiger partial charge is 0.234 e. The predicted octanol–water partition coefficient (Wildman–Crippen LogP) is 0.276. The van der Waals surface area contributed by atoms with Crippen molar-refractivity contribution in [3.8, 4) is 17.2 Å². The number of carbonyl (C=O) groups excluding carboxylic acids is 1. The number of nitrogens with one attached hydrogen (secondary N) is 2. The maximum absolute atomic E-state index is 11.5. The van der Waals surface area contributed by atoms with Gasteiger partial charge in [-0.3, -0.25) is 4.79 Å². The van der Waals surface area contributed by atoms with Gasteiger partial charge in [-0.2, -0.15) is 0 Å². The molecule has 1 amide bonds. The summed E-state index contributed by atoms with van der Waals surface area (Å²) in [6, 6.07) is 3.74. The Hall–Kier alpha value is -1.99. The maximum Gasteiger partial charge on any atom is 0.234 e. The molecule has 21 heavy (non-hydrogen) atoms. The van der Waals surface area contributed by atoms with E-state index in [0.29, 0.717) is 36.9 Å². The van der Waals surface area contributed by atoms with Crippen LogP contribution in [-0.4, -0.2) is 46.6 Å². The highest BCUT2D eigenvalue weighted by atomic mass is 16.7. The SMILES string of the molecule is COCCNC(=O)CNCc1cc(OC)c2c(c1)OCO2. The second-order valence-electron chi connectivity index (χ2n) is 4.48. The summed E-state index contributed by atoms with van der Waals surface area (Å²) in [7, 11) is 3.18. The Labute approximate surface area is 123 Å². The molecule has 0 fully saturated rings. The molecule has 0 atom stereocenters. The highest BCUT2D eigenvalue weighted by Gasteiger charge is 2.19.